The van der Waals surface area contributed by atoms with Gasteiger partial charge in [-0.05, 0) is 71.0 Å². The highest BCUT2D eigenvalue weighted by Crippen LogP contribution is 2.10. The van der Waals surface area contributed by atoms with Crippen molar-refractivity contribution < 1.29 is 14.0 Å². The summed E-state index contributed by atoms with van der Waals surface area (Å²) in [5.41, 5.74) is 1.46. The molecule has 0 aromatic heterocycles. The highest BCUT2D eigenvalue weighted by atomic mass is 127. The standard InChI is InChI=1S/C16H14FIN2O2/c17-12-3-1-11(2-4-12)9-10-19-15(21)16(22)20-14-7-5-13(18)6-8-14/h1-8H,9-10H2,(H,19,21)(H,20,22). The lowest BCUT2D eigenvalue weighted by molar-refractivity contribution is -0.136. The van der Waals surface area contributed by atoms with Crippen molar-refractivity contribution in [3.05, 3.63) is 63.5 Å². The summed E-state index contributed by atoms with van der Waals surface area (Å²) < 4.78 is 13.8. The summed E-state index contributed by atoms with van der Waals surface area (Å²) in [5, 5.41) is 5.05. The Morgan fingerprint density at radius 2 is 1.59 bits per heavy atom. The van der Waals surface area contributed by atoms with E-state index in [0.29, 0.717) is 18.7 Å². The smallest absolute Gasteiger partial charge is 0.313 e. The van der Waals surface area contributed by atoms with Crippen molar-refractivity contribution in [1.29, 1.82) is 0 Å². The van der Waals surface area contributed by atoms with Gasteiger partial charge in [0.1, 0.15) is 5.82 Å². The Balaban J connectivity index is 1.77. The molecule has 2 amide bonds. The number of carbonyl (C=O) groups is 2. The third-order valence-electron chi connectivity index (χ3n) is 2.92. The van der Waals surface area contributed by atoms with E-state index in [1.54, 1.807) is 24.3 Å². The molecule has 2 aromatic carbocycles. The molecule has 0 atom stereocenters. The van der Waals surface area contributed by atoms with Gasteiger partial charge in [-0.1, -0.05) is 12.1 Å². The van der Waals surface area contributed by atoms with Gasteiger partial charge >= 0.3 is 11.8 Å². The molecule has 0 bridgehead atoms. The molecule has 4 nitrogen and oxygen atoms in total. The minimum Gasteiger partial charge on any atom is -0.347 e. The first-order chi connectivity index (χ1) is 10.5. The van der Waals surface area contributed by atoms with Crippen molar-refractivity contribution >= 4 is 40.1 Å². The molecule has 2 rings (SSSR count). The van der Waals surface area contributed by atoms with E-state index < -0.39 is 11.8 Å². The van der Waals surface area contributed by atoms with Crippen LogP contribution in [-0.4, -0.2) is 18.4 Å². The van der Waals surface area contributed by atoms with Crippen LogP contribution in [0.25, 0.3) is 0 Å². The number of rotatable bonds is 4. The van der Waals surface area contributed by atoms with E-state index in [-0.39, 0.29) is 5.82 Å². The van der Waals surface area contributed by atoms with Gasteiger partial charge in [-0.15, -0.1) is 0 Å². The summed E-state index contributed by atoms with van der Waals surface area (Å²) in [6.45, 7) is 0.310. The van der Waals surface area contributed by atoms with Gasteiger partial charge in [0, 0.05) is 15.8 Å². The maximum absolute atomic E-state index is 12.8. The molecule has 0 aliphatic carbocycles. The largest absolute Gasteiger partial charge is 0.347 e. The van der Waals surface area contributed by atoms with Gasteiger partial charge in [0.05, 0.1) is 0 Å². The average molecular weight is 412 g/mol. The van der Waals surface area contributed by atoms with Crippen LogP contribution >= 0.6 is 22.6 Å². The summed E-state index contributed by atoms with van der Waals surface area (Å²) >= 11 is 2.15. The lowest BCUT2D eigenvalue weighted by Crippen LogP contribution is -2.36. The molecule has 0 heterocycles. The van der Waals surface area contributed by atoms with Gasteiger partial charge < -0.3 is 10.6 Å². The Kier molecular flexibility index (Phi) is 5.88. The molecule has 0 radical (unpaired) electrons. The fourth-order valence-electron chi connectivity index (χ4n) is 1.77. The highest BCUT2D eigenvalue weighted by Gasteiger charge is 2.12. The Labute approximate surface area is 141 Å². The van der Waals surface area contributed by atoms with Gasteiger partial charge in [0.15, 0.2) is 0 Å². The monoisotopic (exact) mass is 412 g/mol. The molecular formula is C16H14FIN2O2. The van der Waals surface area contributed by atoms with Gasteiger partial charge in [0.25, 0.3) is 0 Å². The SMILES string of the molecule is O=C(NCCc1ccc(F)cc1)C(=O)Nc1ccc(I)cc1. The second kappa shape index (κ2) is 7.88. The van der Waals surface area contributed by atoms with E-state index in [1.165, 1.54) is 12.1 Å². The van der Waals surface area contributed by atoms with Gasteiger partial charge in [0.2, 0.25) is 0 Å². The minimum absolute atomic E-state index is 0.301. The van der Waals surface area contributed by atoms with E-state index in [9.17, 15) is 14.0 Å². The Morgan fingerprint density at radius 3 is 2.23 bits per heavy atom. The molecule has 0 spiro atoms. The molecule has 0 aliphatic rings. The van der Waals surface area contributed by atoms with E-state index in [2.05, 4.69) is 33.2 Å². The number of amides is 2. The highest BCUT2D eigenvalue weighted by molar-refractivity contribution is 14.1. The lowest BCUT2D eigenvalue weighted by atomic mass is 10.1. The van der Waals surface area contributed by atoms with Crippen LogP contribution in [-0.2, 0) is 16.0 Å². The predicted molar refractivity (Wildman–Crippen MR) is 90.9 cm³/mol. The minimum atomic E-state index is -0.708. The molecule has 0 saturated carbocycles. The van der Waals surface area contributed by atoms with Crippen molar-refractivity contribution in [2.24, 2.45) is 0 Å². The number of carbonyl (C=O) groups excluding carboxylic acids is 2. The predicted octanol–water partition coefficient (Wildman–Crippen LogP) is 2.73. The molecule has 0 saturated heterocycles. The van der Waals surface area contributed by atoms with E-state index in [1.807, 2.05) is 12.1 Å². The van der Waals surface area contributed by atoms with Crippen LogP contribution in [0.4, 0.5) is 10.1 Å². The Morgan fingerprint density at radius 1 is 0.955 bits per heavy atom. The van der Waals surface area contributed by atoms with Crippen molar-refractivity contribution in [3.63, 3.8) is 0 Å². The summed E-state index contributed by atoms with van der Waals surface area (Å²) in [6, 6.07) is 13.1. The van der Waals surface area contributed by atoms with Crippen LogP contribution in [0.2, 0.25) is 0 Å². The molecule has 114 valence electrons. The van der Waals surface area contributed by atoms with Crippen molar-refractivity contribution in [3.8, 4) is 0 Å². The van der Waals surface area contributed by atoms with Crippen LogP contribution in [0.5, 0.6) is 0 Å². The molecule has 0 fully saturated rings. The third kappa shape index (κ3) is 5.10. The molecule has 2 N–H and O–H groups in total. The van der Waals surface area contributed by atoms with Crippen LogP contribution in [0.1, 0.15) is 5.56 Å². The quantitative estimate of drug-likeness (QED) is 0.600. The average Bonchev–Trinajstić information content (AvgIpc) is 2.51. The molecule has 22 heavy (non-hydrogen) atoms. The topological polar surface area (TPSA) is 58.2 Å². The fourth-order valence-corrected chi connectivity index (χ4v) is 2.13. The summed E-state index contributed by atoms with van der Waals surface area (Å²) in [4.78, 5) is 23.4. The second-order valence-corrected chi connectivity index (χ2v) is 5.84. The summed E-state index contributed by atoms with van der Waals surface area (Å²) in [7, 11) is 0. The van der Waals surface area contributed by atoms with Crippen molar-refractivity contribution in [1.82, 2.24) is 5.32 Å². The van der Waals surface area contributed by atoms with Crippen molar-refractivity contribution in [2.75, 3.05) is 11.9 Å². The van der Waals surface area contributed by atoms with Gasteiger partial charge in [-0.25, -0.2) is 4.39 Å². The first-order valence-electron chi connectivity index (χ1n) is 6.64. The molecule has 2 aromatic rings. The number of nitrogens with one attached hydrogen (secondary N) is 2. The molecule has 0 unspecified atom stereocenters. The number of halogens is 2. The molecule has 6 heteroatoms. The van der Waals surface area contributed by atoms with Crippen LogP contribution < -0.4 is 10.6 Å². The maximum atomic E-state index is 12.8. The van der Waals surface area contributed by atoms with Crippen LogP contribution in [0.3, 0.4) is 0 Å². The van der Waals surface area contributed by atoms with Crippen LogP contribution in [0, 0.1) is 9.39 Å². The number of hydrogen-bond donors (Lipinski definition) is 2. The Bertz CT molecular complexity index is 657. The molecular weight excluding hydrogens is 398 g/mol. The van der Waals surface area contributed by atoms with Crippen molar-refractivity contribution in [2.45, 2.75) is 6.42 Å². The van der Waals surface area contributed by atoms with Gasteiger partial charge in [-0.2, -0.15) is 0 Å². The first-order valence-corrected chi connectivity index (χ1v) is 7.71. The second-order valence-electron chi connectivity index (χ2n) is 4.59. The lowest BCUT2D eigenvalue weighted by Gasteiger charge is -2.07. The first kappa shape index (κ1) is 16.4. The van der Waals surface area contributed by atoms with E-state index in [4.69, 9.17) is 0 Å². The Hall–Kier alpha value is -1.96. The summed E-state index contributed by atoms with van der Waals surface area (Å²) in [6.07, 6.45) is 0.531. The number of hydrogen-bond acceptors (Lipinski definition) is 2. The van der Waals surface area contributed by atoms with Gasteiger partial charge in [-0.3, -0.25) is 9.59 Å². The molecule has 0 aliphatic heterocycles. The zero-order valence-electron chi connectivity index (χ0n) is 11.6. The summed E-state index contributed by atoms with van der Waals surface area (Å²) in [5.74, 6) is -1.70. The number of benzene rings is 2. The van der Waals surface area contributed by atoms with E-state index in [0.717, 1.165) is 9.13 Å². The third-order valence-corrected chi connectivity index (χ3v) is 3.64. The maximum Gasteiger partial charge on any atom is 0.313 e. The zero-order chi connectivity index (χ0) is 15.9. The fraction of sp³-hybridized carbons (Fsp3) is 0.125. The normalized spacial score (nSPS) is 10.1. The zero-order valence-corrected chi connectivity index (χ0v) is 13.8. The number of anilines is 1. The van der Waals surface area contributed by atoms with Crippen LogP contribution in [0.15, 0.2) is 48.5 Å². The van der Waals surface area contributed by atoms with E-state index >= 15 is 0 Å².